The number of carbonyl (C=O) groups excluding carboxylic acids is 1. The maximum Gasteiger partial charge on any atom is 0.409 e. The number of amides is 1. The quantitative estimate of drug-likeness (QED) is 0.865. The molecule has 1 fully saturated rings. The van der Waals surface area contributed by atoms with E-state index in [1.165, 1.54) is 12.4 Å². The first-order valence-corrected chi connectivity index (χ1v) is 8.12. The second kappa shape index (κ2) is 6.98. The molecule has 128 valence electrons. The molecule has 7 heteroatoms. The predicted molar refractivity (Wildman–Crippen MR) is 89.5 cm³/mol. The van der Waals surface area contributed by atoms with Crippen molar-refractivity contribution in [1.29, 1.82) is 0 Å². The van der Waals surface area contributed by atoms with E-state index in [2.05, 4.69) is 14.9 Å². The van der Waals surface area contributed by atoms with Crippen LogP contribution in [0.25, 0.3) is 10.9 Å². The Morgan fingerprint density at radius 1 is 1.25 bits per heavy atom. The molecule has 0 radical (unpaired) electrons. The maximum absolute atomic E-state index is 13.9. The van der Waals surface area contributed by atoms with Crippen molar-refractivity contribution in [3.63, 3.8) is 0 Å². The highest BCUT2D eigenvalue weighted by Crippen LogP contribution is 2.25. The van der Waals surface area contributed by atoms with E-state index in [4.69, 9.17) is 4.74 Å². The Kier molecular flexibility index (Phi) is 4.78. The van der Waals surface area contributed by atoms with Gasteiger partial charge in [-0.3, -0.25) is 0 Å². The van der Waals surface area contributed by atoms with Crippen LogP contribution in [-0.4, -0.2) is 53.7 Å². The number of fused-ring (bicyclic) bond motifs is 1. The summed E-state index contributed by atoms with van der Waals surface area (Å²) in [5.41, 5.74) is 0.321. The molecular weight excluding hydrogens is 311 g/mol. The van der Waals surface area contributed by atoms with E-state index < -0.39 is 0 Å². The molecule has 0 spiro atoms. The van der Waals surface area contributed by atoms with E-state index in [9.17, 15) is 9.18 Å². The van der Waals surface area contributed by atoms with Crippen molar-refractivity contribution in [2.45, 2.75) is 13.8 Å². The number of ether oxygens (including phenoxy) is 1. The lowest BCUT2D eigenvalue weighted by Crippen LogP contribution is -2.49. The van der Waals surface area contributed by atoms with Crippen LogP contribution in [-0.2, 0) is 4.74 Å². The molecule has 1 aliphatic rings. The van der Waals surface area contributed by atoms with Gasteiger partial charge in [0, 0.05) is 31.6 Å². The zero-order chi connectivity index (χ0) is 17.1. The van der Waals surface area contributed by atoms with Crippen molar-refractivity contribution in [3.8, 4) is 0 Å². The molecule has 2 heterocycles. The van der Waals surface area contributed by atoms with Crippen molar-refractivity contribution in [3.05, 3.63) is 30.3 Å². The number of nitrogens with zero attached hydrogens (tertiary/aromatic N) is 4. The van der Waals surface area contributed by atoms with Gasteiger partial charge in [0.1, 0.15) is 23.5 Å². The van der Waals surface area contributed by atoms with Crippen LogP contribution in [0.4, 0.5) is 15.0 Å². The minimum Gasteiger partial charge on any atom is -0.449 e. The van der Waals surface area contributed by atoms with E-state index in [0.717, 1.165) is 0 Å². The van der Waals surface area contributed by atoms with Crippen molar-refractivity contribution in [1.82, 2.24) is 14.9 Å². The molecule has 24 heavy (non-hydrogen) atoms. The first-order chi connectivity index (χ1) is 11.6. The first-order valence-electron chi connectivity index (χ1n) is 8.12. The number of anilines is 1. The minimum absolute atomic E-state index is 0.276. The number of carbonyl (C=O) groups is 1. The van der Waals surface area contributed by atoms with Gasteiger partial charge in [0.2, 0.25) is 0 Å². The van der Waals surface area contributed by atoms with Crippen molar-refractivity contribution in [2.75, 3.05) is 37.7 Å². The molecule has 3 rings (SSSR count). The summed E-state index contributed by atoms with van der Waals surface area (Å²) in [4.78, 5) is 24.1. The molecule has 0 atom stereocenters. The Bertz CT molecular complexity index is 730. The van der Waals surface area contributed by atoms with Crippen LogP contribution >= 0.6 is 0 Å². The van der Waals surface area contributed by atoms with Gasteiger partial charge < -0.3 is 14.5 Å². The summed E-state index contributed by atoms with van der Waals surface area (Å²) in [6, 6.07) is 4.86. The Labute approximate surface area is 140 Å². The van der Waals surface area contributed by atoms with Gasteiger partial charge in [-0.05, 0) is 18.1 Å². The number of piperazine rings is 1. The number of halogens is 1. The fourth-order valence-corrected chi connectivity index (χ4v) is 2.72. The van der Waals surface area contributed by atoms with Crippen molar-refractivity contribution >= 4 is 22.8 Å². The standard InChI is InChI=1S/C17H21FN4O2/c1-12(2)10-24-17(23)22-8-6-21(7-9-22)16-13-4-3-5-14(18)15(13)19-11-20-16/h3-5,11-12H,6-10H2,1-2H3. The van der Waals surface area contributed by atoms with Gasteiger partial charge in [0.05, 0.1) is 6.61 Å². The smallest absolute Gasteiger partial charge is 0.409 e. The third-order valence-electron chi connectivity index (χ3n) is 3.97. The summed E-state index contributed by atoms with van der Waals surface area (Å²) in [6.07, 6.45) is 1.10. The molecule has 0 unspecified atom stereocenters. The zero-order valence-corrected chi connectivity index (χ0v) is 13.9. The van der Waals surface area contributed by atoms with Crippen LogP contribution < -0.4 is 4.90 Å². The van der Waals surface area contributed by atoms with Crippen LogP contribution in [0, 0.1) is 11.7 Å². The lowest BCUT2D eigenvalue weighted by Gasteiger charge is -2.35. The number of rotatable bonds is 3. The molecule has 0 saturated carbocycles. The van der Waals surface area contributed by atoms with Crippen LogP contribution in [0.3, 0.4) is 0 Å². The number of benzene rings is 1. The molecular formula is C17H21FN4O2. The topological polar surface area (TPSA) is 58.6 Å². The van der Waals surface area contributed by atoms with Crippen LogP contribution in [0.2, 0.25) is 0 Å². The predicted octanol–water partition coefficient (Wildman–Crippen LogP) is 2.68. The van der Waals surface area contributed by atoms with E-state index >= 15 is 0 Å². The third-order valence-corrected chi connectivity index (χ3v) is 3.97. The maximum atomic E-state index is 13.9. The van der Waals surface area contributed by atoms with E-state index in [1.54, 1.807) is 11.0 Å². The molecule has 1 aromatic heterocycles. The van der Waals surface area contributed by atoms with Gasteiger partial charge in [-0.15, -0.1) is 0 Å². The third kappa shape index (κ3) is 3.39. The summed E-state index contributed by atoms with van der Waals surface area (Å²) in [5, 5.41) is 0.688. The second-order valence-corrected chi connectivity index (χ2v) is 6.28. The Morgan fingerprint density at radius 3 is 2.71 bits per heavy atom. The molecule has 1 aromatic carbocycles. The Hall–Kier alpha value is -2.44. The van der Waals surface area contributed by atoms with E-state index in [0.29, 0.717) is 55.4 Å². The fraction of sp³-hybridized carbons (Fsp3) is 0.471. The van der Waals surface area contributed by atoms with Crippen molar-refractivity contribution < 1.29 is 13.9 Å². The molecule has 1 aliphatic heterocycles. The SMILES string of the molecule is CC(C)COC(=O)N1CCN(c2ncnc3c(F)cccc23)CC1. The second-order valence-electron chi connectivity index (χ2n) is 6.28. The molecule has 6 nitrogen and oxygen atoms in total. The summed E-state index contributed by atoms with van der Waals surface area (Å²) in [5.74, 6) is 0.666. The first kappa shape index (κ1) is 16.4. The highest BCUT2D eigenvalue weighted by Gasteiger charge is 2.24. The normalized spacial score (nSPS) is 15.2. The van der Waals surface area contributed by atoms with Gasteiger partial charge in [-0.25, -0.2) is 19.2 Å². The van der Waals surface area contributed by atoms with E-state index in [1.807, 2.05) is 19.9 Å². The molecule has 0 aliphatic carbocycles. The number of aromatic nitrogens is 2. The molecule has 1 saturated heterocycles. The molecule has 1 amide bonds. The van der Waals surface area contributed by atoms with Gasteiger partial charge in [-0.2, -0.15) is 0 Å². The van der Waals surface area contributed by atoms with Crippen LogP contribution in [0.5, 0.6) is 0 Å². The number of hydrogen-bond donors (Lipinski definition) is 0. The molecule has 0 N–H and O–H groups in total. The number of para-hydroxylation sites is 1. The highest BCUT2D eigenvalue weighted by molar-refractivity contribution is 5.89. The lowest BCUT2D eigenvalue weighted by atomic mass is 10.2. The van der Waals surface area contributed by atoms with Crippen LogP contribution in [0.1, 0.15) is 13.8 Å². The minimum atomic E-state index is -0.355. The zero-order valence-electron chi connectivity index (χ0n) is 13.9. The summed E-state index contributed by atoms with van der Waals surface area (Å²) in [6.45, 7) is 6.79. The average Bonchev–Trinajstić information content (AvgIpc) is 2.60. The average molecular weight is 332 g/mol. The number of hydrogen-bond acceptors (Lipinski definition) is 5. The Balaban J connectivity index is 1.69. The van der Waals surface area contributed by atoms with Gasteiger partial charge >= 0.3 is 6.09 Å². The largest absolute Gasteiger partial charge is 0.449 e. The molecule has 0 bridgehead atoms. The van der Waals surface area contributed by atoms with E-state index in [-0.39, 0.29) is 11.9 Å². The monoisotopic (exact) mass is 332 g/mol. The lowest BCUT2D eigenvalue weighted by molar-refractivity contribution is 0.0901. The summed E-state index contributed by atoms with van der Waals surface area (Å²) < 4.78 is 19.1. The summed E-state index contributed by atoms with van der Waals surface area (Å²) >= 11 is 0. The van der Waals surface area contributed by atoms with Gasteiger partial charge in [-0.1, -0.05) is 19.9 Å². The highest BCUT2D eigenvalue weighted by atomic mass is 19.1. The summed E-state index contributed by atoms with van der Waals surface area (Å²) in [7, 11) is 0. The Morgan fingerprint density at radius 2 is 2.00 bits per heavy atom. The van der Waals surface area contributed by atoms with Gasteiger partial charge in [0.15, 0.2) is 0 Å². The van der Waals surface area contributed by atoms with Crippen LogP contribution in [0.15, 0.2) is 24.5 Å². The van der Waals surface area contributed by atoms with Crippen molar-refractivity contribution in [2.24, 2.45) is 5.92 Å². The van der Waals surface area contributed by atoms with Gasteiger partial charge in [0.25, 0.3) is 0 Å². The molecule has 2 aromatic rings. The fourth-order valence-electron chi connectivity index (χ4n) is 2.72.